The molecule has 9 aromatic carbocycles. The number of fused-ring (bicyclic) bond motifs is 4. The molecule has 13 rings (SSSR count). The van der Waals surface area contributed by atoms with Crippen molar-refractivity contribution in [3.8, 4) is 34.5 Å². The molecular formula is C83H67BrCl3F11O15S5. The summed E-state index contributed by atoms with van der Waals surface area (Å²) >= 11 is 29.4. The van der Waals surface area contributed by atoms with Gasteiger partial charge >= 0.3 is 17.9 Å². The van der Waals surface area contributed by atoms with Gasteiger partial charge in [-0.15, -0.1) is 45.3 Å². The molecule has 0 aliphatic heterocycles. The first-order valence-corrected chi connectivity index (χ1v) is 39.2. The van der Waals surface area contributed by atoms with Crippen molar-refractivity contribution in [2.24, 2.45) is 0 Å². The smallest absolute Gasteiger partial charge is 0.349 e. The molecule has 1 N–H and O–H groups in total. The number of benzene rings is 9. The van der Waals surface area contributed by atoms with Crippen molar-refractivity contribution in [2.45, 2.75) is 41.5 Å². The van der Waals surface area contributed by atoms with Gasteiger partial charge in [-0.25, -0.2) is 49.1 Å². The number of phenolic OH excluding ortho intramolecular Hbond substituents is 1. The largest absolute Gasteiger partial charge is 0.505 e. The van der Waals surface area contributed by atoms with Gasteiger partial charge in [0.15, 0.2) is 75.7 Å². The minimum atomic E-state index is -1.18. The van der Waals surface area contributed by atoms with Crippen molar-refractivity contribution in [3.63, 3.8) is 0 Å². The first kappa shape index (κ1) is 96.8. The Kier molecular flexibility index (Phi) is 36.2. The van der Waals surface area contributed by atoms with Crippen LogP contribution in [0.15, 0.2) is 126 Å². The molecule has 13 aromatic rings. The van der Waals surface area contributed by atoms with Crippen LogP contribution < -0.4 is 23.7 Å². The second-order valence-corrected chi connectivity index (χ2v) is 30.3. The summed E-state index contributed by atoms with van der Waals surface area (Å²) in [6.07, 6.45) is 0.248. The Balaban J connectivity index is 0.000000216. The number of rotatable bonds is 13. The molecule has 0 atom stereocenters. The van der Waals surface area contributed by atoms with Crippen LogP contribution in [0.2, 0.25) is 15.1 Å². The number of ketones is 2. The normalized spacial score (nSPS) is 10.4. The van der Waals surface area contributed by atoms with Gasteiger partial charge in [0.05, 0.1) is 112 Å². The zero-order valence-corrected chi connectivity index (χ0v) is 72.3. The third-order valence-electron chi connectivity index (χ3n) is 16.3. The highest BCUT2D eigenvalue weighted by molar-refractivity contribution is 9.10. The molecule has 118 heavy (non-hydrogen) atoms. The second kappa shape index (κ2) is 44.1. The number of thiol groups is 1. The SMILES string of the molecule is COC(=O)CS.COC(=O)c1cc2ccc(OC)c(F)c2s1.COC(=O)c1sc2c(F)c(OC)ccc2c1Cl.COc1ccc(C=O)c(F)c1F.COc1ccc2c(Cl)c(C(=O)c3c(C)cc(F)cc3C)sc2c1F.COc1cccc(F)c1F.Cc1cc(F)cc(C)c1Br.Cc1cc(F)cc(C)c1C(=O)c1sc2c(F)c(O)ccc2c1Cl. The van der Waals surface area contributed by atoms with E-state index >= 15 is 0 Å². The molecule has 0 amide bonds. The lowest BCUT2D eigenvalue weighted by atomic mass is 9.98. The van der Waals surface area contributed by atoms with E-state index in [1.165, 1.54) is 142 Å². The van der Waals surface area contributed by atoms with Crippen molar-refractivity contribution in [1.82, 2.24) is 0 Å². The highest BCUT2D eigenvalue weighted by Gasteiger charge is 2.28. The standard InChI is InChI=1S/C18H13ClF2O2S.C17H11ClF2O2S.C11H8ClFO3S.C11H9FO3S.C8H8BrF.C8H6F2O2.C7H6F2O.C3H6O2S/c1-8-6-10(20)7-9(2)13(8)16(22)18-14(19)11-4-5-12(23-3)15(21)17(11)24-18;1-7-5-9(19)6-8(2)12(7)15(22)17-13(18)10-3-4-11(21)14(20)16(10)23-17;1-15-6-4-3-5-7(12)10(11(14)16-2)17-9(5)8(6)13;1-14-7-4-3-6-5-8(11(13)15-2)16-10(6)9(7)12;1-5-3-7(10)4-6(2)8(5)9;1-12-6-3-2-5(4-11)7(9)8(6)10;1-10-6-4-2-3-5(8)7(6)9;1-5-3(4)2-6/h4-7H,1-3H3;3-6,21H,1-2H3;3-4H,1-2H3;3-5H,1-2H3;3-4H,1-2H3;2-4H,1H3;2-4H,1H3;6H,2H2,1H3. The minimum absolute atomic E-state index is 0.0694. The first-order chi connectivity index (χ1) is 55.8. The molecule has 0 aliphatic carbocycles. The molecule has 0 radical (unpaired) electrons. The molecule has 4 aromatic heterocycles. The second-order valence-electron chi connectivity index (χ2n) is 24.0. The third-order valence-corrected chi connectivity index (χ3v) is 24.0. The molecule has 0 spiro atoms. The molecule has 0 bridgehead atoms. The predicted octanol–water partition coefficient (Wildman–Crippen LogP) is 24.5. The zero-order valence-electron chi connectivity index (χ0n) is 64.2. The Labute approximate surface area is 712 Å². The van der Waals surface area contributed by atoms with Gasteiger partial charge < -0.3 is 43.0 Å². The fourth-order valence-electron chi connectivity index (χ4n) is 10.6. The topological polar surface area (TPSA) is 196 Å². The third kappa shape index (κ3) is 23.1. The lowest BCUT2D eigenvalue weighted by Gasteiger charge is -2.08. The van der Waals surface area contributed by atoms with Crippen molar-refractivity contribution in [1.29, 1.82) is 0 Å². The van der Waals surface area contributed by atoms with Crippen molar-refractivity contribution in [3.05, 3.63) is 274 Å². The van der Waals surface area contributed by atoms with E-state index in [4.69, 9.17) is 49.0 Å². The highest BCUT2D eigenvalue weighted by Crippen LogP contribution is 2.45. The van der Waals surface area contributed by atoms with Crippen molar-refractivity contribution >= 4 is 185 Å². The van der Waals surface area contributed by atoms with Crippen LogP contribution in [-0.2, 0) is 19.0 Å². The van der Waals surface area contributed by atoms with Crippen LogP contribution in [0.5, 0.6) is 34.5 Å². The quantitative estimate of drug-likeness (QED) is 0.0276. The van der Waals surface area contributed by atoms with Gasteiger partial charge in [0, 0.05) is 31.8 Å². The highest BCUT2D eigenvalue weighted by atomic mass is 79.9. The van der Waals surface area contributed by atoms with Gasteiger partial charge in [0.25, 0.3) is 0 Å². The van der Waals surface area contributed by atoms with E-state index in [-0.39, 0.29) is 114 Å². The van der Waals surface area contributed by atoms with E-state index in [0.717, 1.165) is 73.1 Å². The number of phenols is 1. The van der Waals surface area contributed by atoms with Gasteiger partial charge in [-0.1, -0.05) is 56.8 Å². The van der Waals surface area contributed by atoms with Crippen LogP contribution in [-0.4, -0.2) is 103 Å². The number of aryl methyl sites for hydroxylation is 6. The number of aromatic hydroxyl groups is 1. The Morgan fingerprint density at radius 3 is 1.17 bits per heavy atom. The number of thiophene rings is 4. The Hall–Kier alpha value is -10.0. The molecule has 0 saturated heterocycles. The molecule has 624 valence electrons. The minimum Gasteiger partial charge on any atom is -0.505 e. The Morgan fingerprint density at radius 1 is 0.415 bits per heavy atom. The van der Waals surface area contributed by atoms with Crippen molar-refractivity contribution < 1.29 is 120 Å². The Morgan fingerprint density at radius 2 is 0.780 bits per heavy atom. The maximum atomic E-state index is 14.4. The number of aldehydes is 1. The number of halogens is 15. The number of methoxy groups -OCH3 is 8. The van der Waals surface area contributed by atoms with Crippen LogP contribution in [0.1, 0.15) is 93.6 Å². The summed E-state index contributed by atoms with van der Waals surface area (Å²) < 4.78 is 185. The lowest BCUT2D eigenvalue weighted by Crippen LogP contribution is -2.05. The Bertz CT molecular complexity index is 5840. The number of esters is 3. The molecule has 0 fully saturated rings. The summed E-state index contributed by atoms with van der Waals surface area (Å²) in [4.78, 5) is 69.4. The van der Waals surface area contributed by atoms with Crippen LogP contribution in [0, 0.1) is 106 Å². The van der Waals surface area contributed by atoms with Gasteiger partial charge in [0.2, 0.25) is 23.2 Å². The number of hydrogen-bond donors (Lipinski definition) is 2. The fourth-order valence-corrected chi connectivity index (χ4v) is 16.4. The number of ether oxygens (including phenoxy) is 8. The average molecular weight is 1860 g/mol. The molecule has 0 saturated carbocycles. The molecular weight excluding hydrogens is 1790 g/mol. The van der Waals surface area contributed by atoms with Crippen LogP contribution >= 0.6 is 109 Å². The van der Waals surface area contributed by atoms with E-state index in [1.807, 2.05) is 13.8 Å². The van der Waals surface area contributed by atoms with E-state index < -0.39 is 75.9 Å². The summed E-state index contributed by atoms with van der Waals surface area (Å²) in [6.45, 7) is 10.3. The number of carbonyl (C=O) groups excluding carboxylic acids is 6. The summed E-state index contributed by atoms with van der Waals surface area (Å²) in [6, 6.07) is 28.0. The summed E-state index contributed by atoms with van der Waals surface area (Å²) in [7, 11) is 10.5. The van der Waals surface area contributed by atoms with E-state index in [9.17, 15) is 82.2 Å². The lowest BCUT2D eigenvalue weighted by molar-refractivity contribution is -0.137. The molecule has 15 nitrogen and oxygen atoms in total. The summed E-state index contributed by atoms with van der Waals surface area (Å²) in [5, 5.41) is 12.0. The van der Waals surface area contributed by atoms with Crippen LogP contribution in [0.4, 0.5) is 48.3 Å². The summed E-state index contributed by atoms with van der Waals surface area (Å²) in [5.74, 6) is -9.73. The van der Waals surface area contributed by atoms with Crippen molar-refractivity contribution in [2.75, 3.05) is 62.6 Å². The van der Waals surface area contributed by atoms with Gasteiger partial charge in [-0.05, 0) is 196 Å². The van der Waals surface area contributed by atoms with E-state index in [2.05, 4.69) is 52.2 Å². The zero-order chi connectivity index (χ0) is 88.2. The number of carbonyl (C=O) groups is 6. The monoisotopic (exact) mass is 1860 g/mol. The molecule has 4 heterocycles. The fraction of sp³-hybridized carbons (Fsp3) is 0.181. The summed E-state index contributed by atoms with van der Waals surface area (Å²) in [5.41, 5.74) is 4.33. The van der Waals surface area contributed by atoms with E-state index in [1.54, 1.807) is 52.0 Å². The van der Waals surface area contributed by atoms with Gasteiger partial charge in [0.1, 0.15) is 27.2 Å². The first-order valence-electron chi connectivity index (χ1n) is 33.4. The van der Waals surface area contributed by atoms with Gasteiger partial charge in [-0.2, -0.15) is 21.4 Å². The number of hydrogen-bond acceptors (Lipinski definition) is 20. The maximum absolute atomic E-state index is 14.4. The predicted molar refractivity (Wildman–Crippen MR) is 445 cm³/mol. The molecule has 0 aliphatic rings. The van der Waals surface area contributed by atoms with Gasteiger partial charge in [-0.3, -0.25) is 19.2 Å². The maximum Gasteiger partial charge on any atom is 0.349 e. The molecule has 35 heteroatoms. The average Bonchev–Trinajstić information content (AvgIpc) is 1.60. The van der Waals surface area contributed by atoms with E-state index in [0.29, 0.717) is 64.5 Å². The van der Waals surface area contributed by atoms with Crippen LogP contribution in [0.3, 0.4) is 0 Å². The van der Waals surface area contributed by atoms with Crippen LogP contribution in [0.25, 0.3) is 40.3 Å². The molecule has 0 unspecified atom stereocenters.